The highest BCUT2D eigenvalue weighted by Crippen LogP contribution is 2.29. The van der Waals surface area contributed by atoms with Gasteiger partial charge in [-0.1, -0.05) is 0 Å². The van der Waals surface area contributed by atoms with Gasteiger partial charge in [-0.25, -0.2) is 4.79 Å². The lowest BCUT2D eigenvalue weighted by Crippen LogP contribution is -2.01. The van der Waals surface area contributed by atoms with Crippen molar-refractivity contribution >= 4 is 5.97 Å². The van der Waals surface area contributed by atoms with E-state index in [4.69, 9.17) is 19.2 Å². The molecule has 120 valence electrons. The van der Waals surface area contributed by atoms with Crippen LogP contribution in [0.25, 0.3) is 0 Å². The molecule has 0 spiro atoms. The summed E-state index contributed by atoms with van der Waals surface area (Å²) in [4.78, 5) is 11.6. The van der Waals surface area contributed by atoms with Gasteiger partial charge in [0.05, 0.1) is 25.3 Å². The van der Waals surface area contributed by atoms with Gasteiger partial charge in [-0.2, -0.15) is 5.26 Å². The van der Waals surface area contributed by atoms with Crippen LogP contribution < -0.4 is 9.47 Å². The number of carbonyl (C=O) groups excluding carboxylic acids is 1. The lowest BCUT2D eigenvalue weighted by atomic mass is 10.2. The molecule has 0 unspecified atom stereocenters. The number of nitriles is 1. The van der Waals surface area contributed by atoms with Gasteiger partial charge in [-0.05, 0) is 32.0 Å². The summed E-state index contributed by atoms with van der Waals surface area (Å²) in [6.45, 7) is 4.12. The average molecular weight is 315 g/mol. The van der Waals surface area contributed by atoms with Gasteiger partial charge in [0.25, 0.3) is 0 Å². The number of hydrogen-bond donors (Lipinski definition) is 0. The maximum absolute atomic E-state index is 11.6. The number of methoxy groups -OCH3 is 1. The van der Waals surface area contributed by atoms with Crippen molar-refractivity contribution < 1.29 is 23.4 Å². The Morgan fingerprint density at radius 3 is 2.70 bits per heavy atom. The lowest BCUT2D eigenvalue weighted by molar-refractivity contribution is 0.0599. The molecule has 6 heteroatoms. The second-order valence-corrected chi connectivity index (χ2v) is 4.67. The first-order chi connectivity index (χ1) is 11.1. The molecule has 0 radical (unpaired) electrons. The van der Waals surface area contributed by atoms with Crippen LogP contribution in [0.1, 0.15) is 34.4 Å². The molecule has 0 saturated carbocycles. The quantitative estimate of drug-likeness (QED) is 0.761. The van der Waals surface area contributed by atoms with E-state index in [2.05, 4.69) is 10.8 Å². The van der Waals surface area contributed by atoms with Crippen molar-refractivity contribution in [3.05, 3.63) is 46.9 Å². The average Bonchev–Trinajstić information content (AvgIpc) is 2.94. The van der Waals surface area contributed by atoms with Crippen molar-refractivity contribution in [1.82, 2.24) is 0 Å². The van der Waals surface area contributed by atoms with Crippen molar-refractivity contribution in [2.75, 3.05) is 13.7 Å². The van der Waals surface area contributed by atoms with Crippen LogP contribution in [0.15, 0.2) is 28.7 Å². The van der Waals surface area contributed by atoms with Gasteiger partial charge in [-0.15, -0.1) is 0 Å². The van der Waals surface area contributed by atoms with E-state index in [1.807, 2.05) is 6.92 Å². The number of nitrogens with zero attached hydrogens (tertiary/aromatic N) is 1. The van der Waals surface area contributed by atoms with Crippen molar-refractivity contribution in [3.8, 4) is 17.6 Å². The summed E-state index contributed by atoms with van der Waals surface area (Å²) in [6.07, 6.45) is 0. The fourth-order valence-corrected chi connectivity index (χ4v) is 2.04. The molecule has 1 aromatic heterocycles. The zero-order valence-corrected chi connectivity index (χ0v) is 13.2. The number of esters is 1. The Morgan fingerprint density at radius 2 is 2.04 bits per heavy atom. The largest absolute Gasteiger partial charge is 0.490 e. The van der Waals surface area contributed by atoms with Crippen LogP contribution in [-0.4, -0.2) is 19.7 Å². The van der Waals surface area contributed by atoms with Gasteiger partial charge in [0.15, 0.2) is 11.5 Å². The molecule has 1 heterocycles. The molecule has 0 bridgehead atoms. The van der Waals surface area contributed by atoms with Crippen molar-refractivity contribution in [2.24, 2.45) is 0 Å². The zero-order chi connectivity index (χ0) is 16.8. The Morgan fingerprint density at radius 1 is 1.26 bits per heavy atom. The monoisotopic (exact) mass is 315 g/mol. The number of carbonyl (C=O) groups is 1. The van der Waals surface area contributed by atoms with Gasteiger partial charge in [0.2, 0.25) is 0 Å². The molecule has 0 fully saturated rings. The molecule has 23 heavy (non-hydrogen) atoms. The summed E-state index contributed by atoms with van der Waals surface area (Å²) in [6, 6.07) is 8.57. The number of rotatable bonds is 6. The highest BCUT2D eigenvalue weighted by atomic mass is 16.5. The predicted molar refractivity (Wildman–Crippen MR) is 81.4 cm³/mol. The SMILES string of the molecule is CCOc1cc(C#N)ccc1OCc1cc(C(=O)OC)c(C)o1. The molecular formula is C17H17NO5. The van der Waals surface area contributed by atoms with E-state index >= 15 is 0 Å². The van der Waals surface area contributed by atoms with E-state index in [-0.39, 0.29) is 6.61 Å². The summed E-state index contributed by atoms with van der Waals surface area (Å²) in [5, 5.41) is 8.93. The van der Waals surface area contributed by atoms with Crippen LogP contribution >= 0.6 is 0 Å². The fraction of sp³-hybridized carbons (Fsp3) is 0.294. The van der Waals surface area contributed by atoms with Gasteiger partial charge in [0.1, 0.15) is 23.7 Å². The summed E-state index contributed by atoms with van der Waals surface area (Å²) < 4.78 is 21.3. The van der Waals surface area contributed by atoms with Gasteiger partial charge >= 0.3 is 5.97 Å². The minimum atomic E-state index is -0.453. The number of ether oxygens (including phenoxy) is 3. The minimum Gasteiger partial charge on any atom is -0.490 e. The van der Waals surface area contributed by atoms with E-state index in [9.17, 15) is 4.79 Å². The maximum atomic E-state index is 11.6. The number of aryl methyl sites for hydroxylation is 1. The molecule has 0 aliphatic heterocycles. The molecule has 1 aromatic carbocycles. The fourth-order valence-electron chi connectivity index (χ4n) is 2.04. The molecule has 0 N–H and O–H groups in total. The number of furan rings is 1. The molecule has 0 atom stereocenters. The Bertz CT molecular complexity index is 742. The van der Waals surface area contributed by atoms with Crippen molar-refractivity contribution in [1.29, 1.82) is 5.26 Å². The molecule has 0 aliphatic rings. The van der Waals surface area contributed by atoms with E-state index in [0.717, 1.165) is 0 Å². The van der Waals surface area contributed by atoms with Crippen molar-refractivity contribution in [3.63, 3.8) is 0 Å². The third kappa shape index (κ3) is 3.83. The Labute approximate surface area is 134 Å². The minimum absolute atomic E-state index is 0.129. The first-order valence-electron chi connectivity index (χ1n) is 7.06. The third-order valence-corrected chi connectivity index (χ3v) is 3.12. The molecule has 0 amide bonds. The number of hydrogen-bond acceptors (Lipinski definition) is 6. The molecular weight excluding hydrogens is 298 g/mol. The predicted octanol–water partition coefficient (Wildman–Crippen LogP) is 3.22. The number of benzene rings is 1. The van der Waals surface area contributed by atoms with E-state index in [0.29, 0.717) is 40.8 Å². The summed E-state index contributed by atoms with van der Waals surface area (Å²) >= 11 is 0. The normalized spacial score (nSPS) is 10.0. The van der Waals surface area contributed by atoms with Crippen LogP contribution in [0.4, 0.5) is 0 Å². The second-order valence-electron chi connectivity index (χ2n) is 4.67. The van der Waals surface area contributed by atoms with E-state index < -0.39 is 5.97 Å². The first kappa shape index (κ1) is 16.4. The highest BCUT2D eigenvalue weighted by Gasteiger charge is 2.16. The third-order valence-electron chi connectivity index (χ3n) is 3.12. The summed E-state index contributed by atoms with van der Waals surface area (Å²) in [7, 11) is 1.32. The van der Waals surface area contributed by atoms with Crippen molar-refractivity contribution in [2.45, 2.75) is 20.5 Å². The van der Waals surface area contributed by atoms with Gasteiger partial charge in [0, 0.05) is 6.07 Å². The smallest absolute Gasteiger partial charge is 0.341 e. The Balaban J connectivity index is 2.15. The standard InChI is InChI=1S/C17H17NO5/c1-4-21-16-7-12(9-18)5-6-15(16)22-10-13-8-14(11(2)23-13)17(19)20-3/h5-8H,4,10H2,1-3H3. The molecule has 2 rings (SSSR count). The summed E-state index contributed by atoms with van der Waals surface area (Å²) in [5.41, 5.74) is 0.860. The lowest BCUT2D eigenvalue weighted by Gasteiger charge is -2.11. The molecule has 0 aliphatic carbocycles. The Hall–Kier alpha value is -2.94. The molecule has 6 nitrogen and oxygen atoms in total. The van der Waals surface area contributed by atoms with Crippen LogP contribution in [0, 0.1) is 18.3 Å². The highest BCUT2D eigenvalue weighted by molar-refractivity contribution is 5.90. The zero-order valence-electron chi connectivity index (χ0n) is 13.2. The topological polar surface area (TPSA) is 81.7 Å². The first-order valence-corrected chi connectivity index (χ1v) is 7.06. The van der Waals surface area contributed by atoms with Crippen LogP contribution in [0.5, 0.6) is 11.5 Å². The van der Waals surface area contributed by atoms with E-state index in [1.165, 1.54) is 7.11 Å². The molecule has 0 saturated heterocycles. The molecule has 2 aromatic rings. The van der Waals surface area contributed by atoms with Crippen LogP contribution in [0.3, 0.4) is 0 Å². The van der Waals surface area contributed by atoms with Gasteiger partial charge in [-0.3, -0.25) is 0 Å². The summed E-state index contributed by atoms with van der Waals surface area (Å²) in [5.74, 6) is 1.50. The van der Waals surface area contributed by atoms with Gasteiger partial charge < -0.3 is 18.6 Å². The van der Waals surface area contributed by atoms with Crippen LogP contribution in [0.2, 0.25) is 0 Å². The Kier molecular flexibility index (Phi) is 5.26. The second kappa shape index (κ2) is 7.36. The van der Waals surface area contributed by atoms with E-state index in [1.54, 1.807) is 31.2 Å². The maximum Gasteiger partial charge on any atom is 0.341 e. The van der Waals surface area contributed by atoms with Crippen LogP contribution in [-0.2, 0) is 11.3 Å².